The number of rotatable bonds is 5. The van der Waals surface area contributed by atoms with Crippen LogP contribution in [-0.4, -0.2) is 21.2 Å². The van der Waals surface area contributed by atoms with Gasteiger partial charge in [-0.1, -0.05) is 35.9 Å². The Hall–Kier alpha value is -3.41. The molecule has 1 unspecified atom stereocenters. The maximum atomic E-state index is 12.3. The highest BCUT2D eigenvalue weighted by atomic mass is 16.6. The number of nitrogens with zero attached hydrogens (tertiary/aromatic N) is 2. The minimum Gasteiger partial charge on any atom is -0.452 e. The Kier molecular flexibility index (Phi) is 4.46. The SMILES string of the molecule is Cc1ccc(-c2nnc(C(C)OC(=O)Cc3c[nH]c4ccccc34)o2)cc1. The molecule has 1 atom stereocenters. The van der Waals surface area contributed by atoms with Crippen molar-refractivity contribution in [1.82, 2.24) is 15.2 Å². The Balaban J connectivity index is 1.43. The molecule has 0 aliphatic carbocycles. The first kappa shape index (κ1) is 17.0. The van der Waals surface area contributed by atoms with E-state index in [1.807, 2.05) is 61.7 Å². The summed E-state index contributed by atoms with van der Waals surface area (Å²) in [6.45, 7) is 3.73. The average Bonchev–Trinajstić information content (AvgIpc) is 3.30. The Bertz CT molecular complexity index is 1080. The predicted molar refractivity (Wildman–Crippen MR) is 101 cm³/mol. The molecule has 0 radical (unpaired) electrons. The van der Waals surface area contributed by atoms with Crippen LogP contribution in [0.4, 0.5) is 0 Å². The second-order valence-electron chi connectivity index (χ2n) is 6.48. The Labute approximate surface area is 156 Å². The van der Waals surface area contributed by atoms with Crippen molar-refractivity contribution in [3.8, 4) is 11.5 Å². The van der Waals surface area contributed by atoms with Crippen LogP contribution in [0.3, 0.4) is 0 Å². The molecular formula is C21H19N3O3. The molecule has 0 saturated heterocycles. The molecule has 0 aliphatic rings. The molecule has 4 aromatic rings. The molecule has 4 rings (SSSR count). The van der Waals surface area contributed by atoms with E-state index in [2.05, 4.69) is 15.2 Å². The van der Waals surface area contributed by atoms with Crippen LogP contribution in [0.25, 0.3) is 22.4 Å². The molecule has 27 heavy (non-hydrogen) atoms. The highest BCUT2D eigenvalue weighted by Gasteiger charge is 2.20. The van der Waals surface area contributed by atoms with Gasteiger partial charge in [-0.15, -0.1) is 10.2 Å². The van der Waals surface area contributed by atoms with E-state index in [4.69, 9.17) is 9.15 Å². The number of fused-ring (bicyclic) bond motifs is 1. The summed E-state index contributed by atoms with van der Waals surface area (Å²) in [6.07, 6.45) is 1.39. The lowest BCUT2D eigenvalue weighted by molar-refractivity contribution is -0.148. The third-order valence-corrected chi connectivity index (χ3v) is 4.40. The first-order valence-corrected chi connectivity index (χ1v) is 8.75. The highest BCUT2D eigenvalue weighted by molar-refractivity contribution is 5.87. The molecule has 6 heteroatoms. The number of benzene rings is 2. The van der Waals surface area contributed by atoms with Crippen molar-refractivity contribution in [3.05, 3.63) is 71.7 Å². The van der Waals surface area contributed by atoms with Gasteiger partial charge in [-0.25, -0.2) is 0 Å². The number of esters is 1. The molecule has 0 bridgehead atoms. The van der Waals surface area contributed by atoms with E-state index in [-0.39, 0.29) is 18.3 Å². The van der Waals surface area contributed by atoms with Gasteiger partial charge in [0.1, 0.15) is 0 Å². The van der Waals surface area contributed by atoms with E-state index in [9.17, 15) is 4.79 Å². The molecule has 6 nitrogen and oxygen atoms in total. The molecule has 0 aliphatic heterocycles. The smallest absolute Gasteiger partial charge is 0.311 e. The van der Waals surface area contributed by atoms with Crippen molar-refractivity contribution in [2.24, 2.45) is 0 Å². The molecule has 2 aromatic carbocycles. The molecule has 0 fully saturated rings. The van der Waals surface area contributed by atoms with Gasteiger partial charge in [-0.05, 0) is 37.6 Å². The fraction of sp³-hybridized carbons (Fsp3) is 0.190. The van der Waals surface area contributed by atoms with E-state index >= 15 is 0 Å². The van der Waals surface area contributed by atoms with E-state index < -0.39 is 6.10 Å². The van der Waals surface area contributed by atoms with Crippen LogP contribution in [0.2, 0.25) is 0 Å². The first-order valence-electron chi connectivity index (χ1n) is 8.75. The monoisotopic (exact) mass is 361 g/mol. The summed E-state index contributed by atoms with van der Waals surface area (Å²) in [5, 5.41) is 9.08. The number of carbonyl (C=O) groups is 1. The van der Waals surface area contributed by atoms with Gasteiger partial charge in [-0.3, -0.25) is 4.79 Å². The summed E-state index contributed by atoms with van der Waals surface area (Å²) < 4.78 is 11.1. The van der Waals surface area contributed by atoms with E-state index in [1.165, 1.54) is 0 Å². The van der Waals surface area contributed by atoms with Crippen molar-refractivity contribution in [2.45, 2.75) is 26.4 Å². The van der Waals surface area contributed by atoms with Gasteiger partial charge < -0.3 is 14.1 Å². The number of hydrogen-bond acceptors (Lipinski definition) is 5. The van der Waals surface area contributed by atoms with Crippen molar-refractivity contribution >= 4 is 16.9 Å². The van der Waals surface area contributed by atoms with Gasteiger partial charge in [0.2, 0.25) is 5.89 Å². The van der Waals surface area contributed by atoms with Crippen molar-refractivity contribution in [3.63, 3.8) is 0 Å². The van der Waals surface area contributed by atoms with Gasteiger partial charge in [0, 0.05) is 22.7 Å². The third-order valence-electron chi connectivity index (χ3n) is 4.40. The summed E-state index contributed by atoms with van der Waals surface area (Å²) in [5.74, 6) is 0.338. The van der Waals surface area contributed by atoms with Crippen molar-refractivity contribution in [1.29, 1.82) is 0 Å². The van der Waals surface area contributed by atoms with Crippen LogP contribution in [0, 0.1) is 6.92 Å². The number of hydrogen-bond donors (Lipinski definition) is 1. The van der Waals surface area contributed by atoms with Gasteiger partial charge in [-0.2, -0.15) is 0 Å². The molecule has 1 N–H and O–H groups in total. The van der Waals surface area contributed by atoms with E-state index in [0.29, 0.717) is 5.89 Å². The maximum absolute atomic E-state index is 12.3. The van der Waals surface area contributed by atoms with Crippen molar-refractivity contribution in [2.75, 3.05) is 0 Å². The topological polar surface area (TPSA) is 81.0 Å². The maximum Gasteiger partial charge on any atom is 0.311 e. The number of H-pyrrole nitrogens is 1. The van der Waals surface area contributed by atoms with Crippen molar-refractivity contribution < 1.29 is 13.9 Å². The Morgan fingerprint density at radius 3 is 2.74 bits per heavy atom. The average molecular weight is 361 g/mol. The summed E-state index contributed by atoms with van der Waals surface area (Å²) >= 11 is 0. The summed E-state index contributed by atoms with van der Waals surface area (Å²) in [5.41, 5.74) is 3.87. The van der Waals surface area contributed by atoms with Crippen LogP contribution in [-0.2, 0) is 16.0 Å². The molecule has 136 valence electrons. The van der Waals surface area contributed by atoms with Gasteiger partial charge in [0.15, 0.2) is 6.10 Å². The number of para-hydroxylation sites is 1. The van der Waals surface area contributed by atoms with Gasteiger partial charge in [0.25, 0.3) is 5.89 Å². The van der Waals surface area contributed by atoms with Gasteiger partial charge in [0.05, 0.1) is 6.42 Å². The van der Waals surface area contributed by atoms with Gasteiger partial charge >= 0.3 is 5.97 Å². The zero-order valence-corrected chi connectivity index (χ0v) is 15.1. The summed E-state index contributed by atoms with van der Waals surface area (Å²) in [4.78, 5) is 15.5. The quantitative estimate of drug-likeness (QED) is 0.534. The minimum absolute atomic E-state index is 0.174. The third kappa shape index (κ3) is 3.60. The fourth-order valence-electron chi connectivity index (χ4n) is 2.93. The lowest BCUT2D eigenvalue weighted by Gasteiger charge is -2.09. The lowest BCUT2D eigenvalue weighted by atomic mass is 10.1. The first-order chi connectivity index (χ1) is 13.1. The van der Waals surface area contributed by atoms with Crippen LogP contribution < -0.4 is 0 Å². The second kappa shape index (κ2) is 7.07. The summed E-state index contributed by atoms with van der Waals surface area (Å²) in [6, 6.07) is 15.6. The molecule has 2 heterocycles. The largest absolute Gasteiger partial charge is 0.452 e. The highest BCUT2D eigenvalue weighted by Crippen LogP contribution is 2.24. The number of nitrogens with one attached hydrogen (secondary N) is 1. The Morgan fingerprint density at radius 1 is 1.15 bits per heavy atom. The molecule has 0 saturated carbocycles. The number of aryl methyl sites for hydroxylation is 1. The summed E-state index contributed by atoms with van der Waals surface area (Å²) in [7, 11) is 0. The van der Waals surface area contributed by atoms with E-state index in [1.54, 1.807) is 6.92 Å². The van der Waals surface area contributed by atoms with Crippen LogP contribution in [0.15, 0.2) is 59.1 Å². The molecular weight excluding hydrogens is 342 g/mol. The number of aromatic amines is 1. The zero-order chi connectivity index (χ0) is 18.8. The van der Waals surface area contributed by atoms with Crippen LogP contribution in [0.1, 0.15) is 30.0 Å². The molecule has 2 aromatic heterocycles. The van der Waals surface area contributed by atoms with Crippen LogP contribution in [0.5, 0.6) is 0 Å². The lowest BCUT2D eigenvalue weighted by Crippen LogP contribution is -2.11. The van der Waals surface area contributed by atoms with Crippen LogP contribution >= 0.6 is 0 Å². The normalized spacial score (nSPS) is 12.2. The fourth-order valence-corrected chi connectivity index (χ4v) is 2.93. The molecule has 0 spiro atoms. The number of aromatic nitrogens is 3. The number of ether oxygens (including phenoxy) is 1. The predicted octanol–water partition coefficient (Wildman–Crippen LogP) is 4.37. The standard InChI is InChI=1S/C21H19N3O3/c1-13-7-9-15(10-8-13)21-24-23-20(27-21)14(2)26-19(25)11-16-12-22-18-6-4-3-5-17(16)18/h3-10,12,14,22H,11H2,1-2H3. The zero-order valence-electron chi connectivity index (χ0n) is 15.1. The molecule has 0 amide bonds. The minimum atomic E-state index is -0.616. The van der Waals surface area contributed by atoms with E-state index in [0.717, 1.165) is 27.6 Å². The Morgan fingerprint density at radius 2 is 1.93 bits per heavy atom. The number of carbonyl (C=O) groups excluding carboxylic acids is 1. The second-order valence-corrected chi connectivity index (χ2v) is 6.48.